The highest BCUT2D eigenvalue weighted by molar-refractivity contribution is 5.49. The molecule has 4 rings (SSSR count). The number of hydrogen-bond donors (Lipinski definition) is 1. The molecule has 128 valence electrons. The molecule has 0 bridgehead atoms. The second kappa shape index (κ2) is 6.65. The molecule has 1 N–H and O–H groups in total. The molecule has 2 fully saturated rings. The van der Waals surface area contributed by atoms with Gasteiger partial charge in [-0.2, -0.15) is 0 Å². The summed E-state index contributed by atoms with van der Waals surface area (Å²) in [5.74, 6) is 0.938. The number of piperidine rings is 1. The van der Waals surface area contributed by atoms with Crippen molar-refractivity contribution < 1.29 is 4.74 Å². The minimum Gasteiger partial charge on any atom is -0.376 e. The molecule has 0 radical (unpaired) electrons. The van der Waals surface area contributed by atoms with Crippen LogP contribution in [0, 0.1) is 5.41 Å². The largest absolute Gasteiger partial charge is 0.376 e. The number of imidazole rings is 1. The summed E-state index contributed by atoms with van der Waals surface area (Å²) in [5, 5.41) is 3.46. The van der Waals surface area contributed by atoms with Gasteiger partial charge in [-0.25, -0.2) is 4.98 Å². The first kappa shape index (κ1) is 15.8. The topological polar surface area (TPSA) is 52.0 Å². The van der Waals surface area contributed by atoms with E-state index < -0.39 is 0 Å². The molecule has 2 aromatic heterocycles. The van der Waals surface area contributed by atoms with Crippen molar-refractivity contribution in [2.75, 3.05) is 19.7 Å². The third-order valence-electron chi connectivity index (χ3n) is 5.53. The Hall–Kier alpha value is -1.72. The molecule has 4 heterocycles. The maximum Gasteiger partial charge on any atom is 0.158 e. The fraction of sp³-hybridized carbons (Fsp3) is 0.579. The molecular weight excluding hydrogens is 300 g/mol. The van der Waals surface area contributed by atoms with Crippen molar-refractivity contribution in [1.82, 2.24) is 19.9 Å². The second-order valence-electron chi connectivity index (χ2n) is 7.20. The summed E-state index contributed by atoms with van der Waals surface area (Å²) >= 11 is 0. The van der Waals surface area contributed by atoms with Crippen LogP contribution >= 0.6 is 0 Å². The van der Waals surface area contributed by atoms with E-state index in [0.717, 1.165) is 50.6 Å². The highest BCUT2D eigenvalue weighted by Crippen LogP contribution is 2.40. The van der Waals surface area contributed by atoms with E-state index in [0.29, 0.717) is 5.41 Å². The smallest absolute Gasteiger partial charge is 0.158 e. The van der Waals surface area contributed by atoms with Gasteiger partial charge in [-0.1, -0.05) is 13.0 Å². The van der Waals surface area contributed by atoms with Gasteiger partial charge in [-0.3, -0.25) is 4.98 Å². The lowest BCUT2D eigenvalue weighted by atomic mass is 9.77. The minimum atomic E-state index is 0.283. The molecule has 2 aliphatic rings. The van der Waals surface area contributed by atoms with Crippen LogP contribution in [0.25, 0.3) is 11.5 Å². The Kier molecular flexibility index (Phi) is 4.37. The van der Waals surface area contributed by atoms with Crippen molar-refractivity contribution >= 4 is 0 Å². The van der Waals surface area contributed by atoms with Gasteiger partial charge in [0.1, 0.15) is 5.69 Å². The van der Waals surface area contributed by atoms with Crippen molar-refractivity contribution in [2.45, 2.75) is 45.3 Å². The number of rotatable bonds is 4. The third-order valence-corrected chi connectivity index (χ3v) is 5.53. The van der Waals surface area contributed by atoms with Crippen molar-refractivity contribution in [3.8, 4) is 11.5 Å². The van der Waals surface area contributed by atoms with E-state index in [4.69, 9.17) is 4.74 Å². The van der Waals surface area contributed by atoms with Crippen molar-refractivity contribution in [2.24, 2.45) is 5.41 Å². The highest BCUT2D eigenvalue weighted by atomic mass is 16.5. The molecule has 2 saturated heterocycles. The van der Waals surface area contributed by atoms with E-state index in [1.165, 1.54) is 18.4 Å². The summed E-state index contributed by atoms with van der Waals surface area (Å²) in [7, 11) is 0. The predicted molar refractivity (Wildman–Crippen MR) is 93.7 cm³/mol. The maximum atomic E-state index is 6.15. The molecule has 2 aromatic rings. The van der Waals surface area contributed by atoms with Crippen molar-refractivity contribution in [1.29, 1.82) is 0 Å². The fourth-order valence-corrected chi connectivity index (χ4v) is 3.99. The monoisotopic (exact) mass is 326 g/mol. The van der Waals surface area contributed by atoms with Crippen LogP contribution in [-0.4, -0.2) is 40.3 Å². The van der Waals surface area contributed by atoms with Crippen LogP contribution in [-0.2, 0) is 17.7 Å². The third kappa shape index (κ3) is 3.10. The molecule has 0 saturated carbocycles. The predicted octanol–water partition coefficient (Wildman–Crippen LogP) is 2.67. The fourth-order valence-electron chi connectivity index (χ4n) is 3.99. The van der Waals surface area contributed by atoms with Gasteiger partial charge < -0.3 is 14.6 Å². The molecule has 5 heteroatoms. The van der Waals surface area contributed by atoms with E-state index in [2.05, 4.69) is 38.9 Å². The zero-order chi connectivity index (χ0) is 16.4. The number of aromatic nitrogens is 3. The zero-order valence-electron chi connectivity index (χ0n) is 14.4. The highest BCUT2D eigenvalue weighted by Gasteiger charge is 2.40. The van der Waals surface area contributed by atoms with Gasteiger partial charge in [0.15, 0.2) is 5.82 Å². The average molecular weight is 326 g/mol. The van der Waals surface area contributed by atoms with Gasteiger partial charge >= 0.3 is 0 Å². The molecule has 0 amide bonds. The normalized spacial score (nSPS) is 23.0. The van der Waals surface area contributed by atoms with Gasteiger partial charge in [-0.15, -0.1) is 0 Å². The molecule has 0 aliphatic carbocycles. The Balaban J connectivity index is 1.47. The van der Waals surface area contributed by atoms with Gasteiger partial charge in [0.05, 0.1) is 19.3 Å². The quantitative estimate of drug-likeness (QED) is 0.938. The van der Waals surface area contributed by atoms with Crippen LogP contribution in [0.5, 0.6) is 0 Å². The zero-order valence-corrected chi connectivity index (χ0v) is 14.4. The molecular formula is C19H26N4O. The van der Waals surface area contributed by atoms with Crippen LogP contribution < -0.4 is 5.32 Å². The first-order chi connectivity index (χ1) is 11.8. The number of pyridine rings is 1. The van der Waals surface area contributed by atoms with Gasteiger partial charge in [-0.05, 0) is 55.8 Å². The van der Waals surface area contributed by atoms with E-state index in [1.807, 2.05) is 18.6 Å². The first-order valence-corrected chi connectivity index (χ1v) is 9.07. The van der Waals surface area contributed by atoms with Crippen LogP contribution in [0.3, 0.4) is 0 Å². The molecule has 1 unspecified atom stereocenters. The van der Waals surface area contributed by atoms with E-state index in [-0.39, 0.29) is 6.10 Å². The van der Waals surface area contributed by atoms with Gasteiger partial charge in [0.25, 0.3) is 0 Å². The van der Waals surface area contributed by atoms with Gasteiger partial charge in [0.2, 0.25) is 0 Å². The summed E-state index contributed by atoms with van der Waals surface area (Å²) in [4.78, 5) is 9.10. The Labute approximate surface area is 143 Å². The van der Waals surface area contributed by atoms with Crippen molar-refractivity contribution in [3.05, 3.63) is 36.3 Å². The summed E-state index contributed by atoms with van der Waals surface area (Å²) in [5.41, 5.74) is 2.59. The lowest BCUT2D eigenvalue weighted by Gasteiger charge is -2.32. The van der Waals surface area contributed by atoms with E-state index in [1.54, 1.807) is 0 Å². The Morgan fingerprint density at radius 2 is 2.17 bits per heavy atom. The lowest BCUT2D eigenvalue weighted by molar-refractivity contribution is 0.0777. The standard InChI is InChI=1S/C19H26N4O/c1-2-15-3-4-17(22-12-15)18-21-9-10-23(18)13-16-11-19(14-24-16)5-7-20-8-6-19/h3-4,9-10,12,16,20H,2,5-8,11,13-14H2,1H3. The SMILES string of the molecule is CCc1ccc(-c2nccn2CC2CC3(CCNCC3)CO2)nc1. The number of ether oxygens (including phenoxy) is 1. The average Bonchev–Trinajstić information content (AvgIpc) is 3.24. The number of hydrogen-bond acceptors (Lipinski definition) is 4. The molecule has 5 nitrogen and oxygen atoms in total. The summed E-state index contributed by atoms with van der Waals surface area (Å²) in [6, 6.07) is 4.21. The Morgan fingerprint density at radius 1 is 1.29 bits per heavy atom. The number of aryl methyl sites for hydroxylation is 1. The van der Waals surface area contributed by atoms with Crippen LogP contribution in [0.1, 0.15) is 31.7 Å². The van der Waals surface area contributed by atoms with E-state index >= 15 is 0 Å². The minimum absolute atomic E-state index is 0.283. The van der Waals surface area contributed by atoms with Crippen LogP contribution in [0.2, 0.25) is 0 Å². The van der Waals surface area contributed by atoms with Crippen LogP contribution in [0.15, 0.2) is 30.7 Å². The summed E-state index contributed by atoms with van der Waals surface area (Å²) in [6.45, 7) is 6.17. The van der Waals surface area contributed by atoms with Crippen LogP contribution in [0.4, 0.5) is 0 Å². The summed E-state index contributed by atoms with van der Waals surface area (Å²) in [6.07, 6.45) is 10.8. The van der Waals surface area contributed by atoms with Crippen molar-refractivity contribution in [3.63, 3.8) is 0 Å². The maximum absolute atomic E-state index is 6.15. The molecule has 24 heavy (non-hydrogen) atoms. The summed E-state index contributed by atoms with van der Waals surface area (Å²) < 4.78 is 8.34. The molecule has 1 atom stereocenters. The Bertz CT molecular complexity index is 673. The molecule has 0 aromatic carbocycles. The second-order valence-corrected chi connectivity index (χ2v) is 7.20. The number of nitrogens with one attached hydrogen (secondary N) is 1. The first-order valence-electron chi connectivity index (χ1n) is 9.07. The lowest BCUT2D eigenvalue weighted by Crippen LogP contribution is -2.37. The van der Waals surface area contributed by atoms with Gasteiger partial charge in [0, 0.05) is 18.6 Å². The number of nitrogens with zero attached hydrogens (tertiary/aromatic N) is 3. The molecule has 2 aliphatic heterocycles. The molecule has 1 spiro atoms. The Morgan fingerprint density at radius 3 is 2.92 bits per heavy atom. The van der Waals surface area contributed by atoms with E-state index in [9.17, 15) is 0 Å².